The second-order valence-corrected chi connectivity index (χ2v) is 10.4. The Balaban J connectivity index is 1.32. The Morgan fingerprint density at radius 3 is 2.17 bits per heavy atom. The van der Waals surface area contributed by atoms with Gasteiger partial charge in [0.1, 0.15) is 0 Å². The molecule has 1 aliphatic rings. The van der Waals surface area contributed by atoms with Gasteiger partial charge in [-0.2, -0.15) is 4.31 Å². The van der Waals surface area contributed by atoms with Crippen LogP contribution in [-0.4, -0.2) is 49.7 Å². The summed E-state index contributed by atoms with van der Waals surface area (Å²) in [5, 5.41) is 2.97. The van der Waals surface area contributed by atoms with Gasteiger partial charge in [-0.1, -0.05) is 48.5 Å². The van der Waals surface area contributed by atoms with Crippen LogP contribution in [0.25, 0.3) is 20.9 Å². The van der Waals surface area contributed by atoms with E-state index in [0.717, 1.165) is 20.9 Å². The Morgan fingerprint density at radius 1 is 0.767 bits per heavy atom. The smallest absolute Gasteiger partial charge is 0.264 e. The molecule has 30 heavy (non-hydrogen) atoms. The molecule has 7 heteroatoms. The maximum absolute atomic E-state index is 13.1. The molecular weight excluding hydrogens is 416 g/mol. The highest BCUT2D eigenvalue weighted by atomic mass is 32.2. The number of thiophene rings is 1. The van der Waals surface area contributed by atoms with Crippen LogP contribution in [0.15, 0.2) is 77.7 Å². The maximum Gasteiger partial charge on any atom is 0.264 e. The molecule has 0 saturated carbocycles. The number of rotatable bonds is 3. The summed E-state index contributed by atoms with van der Waals surface area (Å²) >= 11 is 1.48. The number of hydrogen-bond donors (Lipinski definition) is 0. The molecule has 5 rings (SSSR count). The molecule has 4 aromatic rings. The van der Waals surface area contributed by atoms with Gasteiger partial charge in [0, 0.05) is 30.9 Å². The fourth-order valence-corrected chi connectivity index (χ4v) is 6.34. The van der Waals surface area contributed by atoms with Crippen LogP contribution < -0.4 is 0 Å². The number of sulfonamides is 1. The molecule has 1 saturated heterocycles. The SMILES string of the molecule is O=C(c1cc2ccccc2s1)N1CCN(S(=O)(=O)c2ccc3ccccc3c2)CC1. The van der Waals surface area contributed by atoms with Gasteiger partial charge in [0.2, 0.25) is 10.0 Å². The first-order valence-electron chi connectivity index (χ1n) is 9.79. The van der Waals surface area contributed by atoms with Gasteiger partial charge in [-0.05, 0) is 40.4 Å². The fourth-order valence-electron chi connectivity index (χ4n) is 3.85. The van der Waals surface area contributed by atoms with E-state index in [1.165, 1.54) is 15.6 Å². The van der Waals surface area contributed by atoms with E-state index in [-0.39, 0.29) is 5.91 Å². The van der Waals surface area contributed by atoms with Crippen molar-refractivity contribution in [1.29, 1.82) is 0 Å². The monoisotopic (exact) mass is 436 g/mol. The first-order valence-corrected chi connectivity index (χ1v) is 12.0. The van der Waals surface area contributed by atoms with Crippen molar-refractivity contribution >= 4 is 48.1 Å². The summed E-state index contributed by atoms with van der Waals surface area (Å²) in [6.45, 7) is 1.37. The van der Waals surface area contributed by atoms with Crippen LogP contribution in [0.4, 0.5) is 0 Å². The molecule has 152 valence electrons. The van der Waals surface area contributed by atoms with E-state index in [2.05, 4.69) is 0 Å². The fraction of sp³-hybridized carbons (Fsp3) is 0.174. The molecule has 0 bridgehead atoms. The summed E-state index contributed by atoms with van der Waals surface area (Å²) in [7, 11) is -3.59. The molecule has 1 amide bonds. The average Bonchev–Trinajstić information content (AvgIpc) is 3.22. The van der Waals surface area contributed by atoms with Crippen LogP contribution >= 0.6 is 11.3 Å². The van der Waals surface area contributed by atoms with Gasteiger partial charge in [0.25, 0.3) is 5.91 Å². The highest BCUT2D eigenvalue weighted by molar-refractivity contribution is 7.89. The van der Waals surface area contributed by atoms with Gasteiger partial charge in [-0.3, -0.25) is 4.79 Å². The van der Waals surface area contributed by atoms with Crippen molar-refractivity contribution in [3.8, 4) is 0 Å². The van der Waals surface area contributed by atoms with Gasteiger partial charge >= 0.3 is 0 Å². The first-order chi connectivity index (χ1) is 14.5. The quantitative estimate of drug-likeness (QED) is 0.484. The summed E-state index contributed by atoms with van der Waals surface area (Å²) in [6, 6.07) is 22.8. The second kappa shape index (κ2) is 7.50. The number of hydrogen-bond acceptors (Lipinski definition) is 4. The third-order valence-corrected chi connectivity index (χ3v) is 8.52. The van der Waals surface area contributed by atoms with Crippen molar-refractivity contribution in [3.05, 3.63) is 77.7 Å². The predicted molar refractivity (Wildman–Crippen MR) is 120 cm³/mol. The lowest BCUT2D eigenvalue weighted by atomic mass is 10.1. The minimum atomic E-state index is -3.59. The molecule has 0 aliphatic carbocycles. The number of piperazine rings is 1. The minimum Gasteiger partial charge on any atom is -0.335 e. The Hall–Kier alpha value is -2.74. The lowest BCUT2D eigenvalue weighted by molar-refractivity contribution is 0.0703. The standard InChI is InChI=1S/C23H20N2O3S2/c26-23(22-16-19-7-3-4-8-21(19)29-22)24-11-13-25(14-12-24)30(27,28)20-10-9-17-5-1-2-6-18(17)15-20/h1-10,15-16H,11-14H2. The van der Waals surface area contributed by atoms with Gasteiger partial charge < -0.3 is 4.90 Å². The highest BCUT2D eigenvalue weighted by Gasteiger charge is 2.31. The zero-order valence-corrected chi connectivity index (χ0v) is 17.8. The molecular formula is C23H20N2O3S2. The number of fused-ring (bicyclic) bond motifs is 2. The van der Waals surface area contributed by atoms with Crippen molar-refractivity contribution in [2.75, 3.05) is 26.2 Å². The molecule has 0 atom stereocenters. The van der Waals surface area contributed by atoms with E-state index in [1.54, 1.807) is 17.0 Å². The van der Waals surface area contributed by atoms with Crippen molar-refractivity contribution < 1.29 is 13.2 Å². The van der Waals surface area contributed by atoms with Gasteiger partial charge in [-0.25, -0.2) is 8.42 Å². The summed E-state index contributed by atoms with van der Waals surface area (Å²) < 4.78 is 28.8. The van der Waals surface area contributed by atoms with E-state index in [1.807, 2.05) is 60.7 Å². The van der Waals surface area contributed by atoms with E-state index in [4.69, 9.17) is 0 Å². The third-order valence-electron chi connectivity index (χ3n) is 5.52. The average molecular weight is 437 g/mol. The first kappa shape index (κ1) is 19.2. The largest absolute Gasteiger partial charge is 0.335 e. The minimum absolute atomic E-state index is 0.0287. The normalized spacial score (nSPS) is 15.7. The van der Waals surface area contributed by atoms with Crippen molar-refractivity contribution in [1.82, 2.24) is 9.21 Å². The molecule has 1 aliphatic heterocycles. The number of nitrogens with zero attached hydrogens (tertiary/aromatic N) is 2. The molecule has 5 nitrogen and oxygen atoms in total. The molecule has 1 aromatic heterocycles. The number of carbonyl (C=O) groups excluding carboxylic acids is 1. The Kier molecular flexibility index (Phi) is 4.81. The Bertz CT molecular complexity index is 1320. The lowest BCUT2D eigenvalue weighted by Gasteiger charge is -2.33. The molecule has 1 fully saturated rings. The van der Waals surface area contributed by atoms with E-state index >= 15 is 0 Å². The lowest BCUT2D eigenvalue weighted by Crippen LogP contribution is -2.50. The topological polar surface area (TPSA) is 57.7 Å². The van der Waals surface area contributed by atoms with E-state index < -0.39 is 10.0 Å². The molecule has 0 spiro atoms. The Morgan fingerprint density at radius 2 is 1.43 bits per heavy atom. The van der Waals surface area contributed by atoms with Crippen LogP contribution in [0.1, 0.15) is 9.67 Å². The van der Waals surface area contributed by atoms with E-state index in [0.29, 0.717) is 36.0 Å². The predicted octanol–water partition coefficient (Wildman–Crippen LogP) is 4.20. The molecule has 0 unspecified atom stereocenters. The zero-order chi connectivity index (χ0) is 20.7. The number of amides is 1. The van der Waals surface area contributed by atoms with Gasteiger partial charge in [0.15, 0.2) is 0 Å². The van der Waals surface area contributed by atoms with Crippen LogP contribution in [0, 0.1) is 0 Å². The summed E-state index contributed by atoms with van der Waals surface area (Å²) in [6.07, 6.45) is 0. The van der Waals surface area contributed by atoms with Crippen LogP contribution in [0.3, 0.4) is 0 Å². The Labute approximate surface area is 179 Å². The van der Waals surface area contributed by atoms with Gasteiger partial charge in [-0.15, -0.1) is 11.3 Å². The zero-order valence-electron chi connectivity index (χ0n) is 16.2. The van der Waals surface area contributed by atoms with Crippen LogP contribution in [0.5, 0.6) is 0 Å². The summed E-state index contributed by atoms with van der Waals surface area (Å²) in [4.78, 5) is 15.7. The van der Waals surface area contributed by atoms with Crippen LogP contribution in [0.2, 0.25) is 0 Å². The molecule has 2 heterocycles. The maximum atomic E-state index is 13.1. The molecule has 3 aromatic carbocycles. The molecule has 0 radical (unpaired) electrons. The van der Waals surface area contributed by atoms with Gasteiger partial charge in [0.05, 0.1) is 9.77 Å². The van der Waals surface area contributed by atoms with Crippen molar-refractivity contribution in [3.63, 3.8) is 0 Å². The van der Waals surface area contributed by atoms with E-state index in [9.17, 15) is 13.2 Å². The number of carbonyl (C=O) groups is 1. The summed E-state index contributed by atoms with van der Waals surface area (Å²) in [5.74, 6) is -0.0287. The van der Waals surface area contributed by atoms with Crippen LogP contribution in [-0.2, 0) is 10.0 Å². The van der Waals surface area contributed by atoms with Crippen molar-refractivity contribution in [2.45, 2.75) is 4.90 Å². The molecule has 0 N–H and O–H groups in total. The van der Waals surface area contributed by atoms with Crippen molar-refractivity contribution in [2.24, 2.45) is 0 Å². The summed E-state index contributed by atoms with van der Waals surface area (Å²) in [5.41, 5.74) is 0. The highest BCUT2D eigenvalue weighted by Crippen LogP contribution is 2.27. The third kappa shape index (κ3) is 3.39. The number of benzene rings is 3. The second-order valence-electron chi connectivity index (χ2n) is 7.35.